The van der Waals surface area contributed by atoms with Crippen LogP contribution in [0.1, 0.15) is 0 Å². The van der Waals surface area contributed by atoms with E-state index in [9.17, 15) is 4.79 Å². The van der Waals surface area contributed by atoms with Crippen LogP contribution >= 0.6 is 11.6 Å². The number of nitrogens with two attached hydrogens (primary N) is 2. The Morgan fingerprint density at radius 1 is 1.38 bits per heavy atom. The fraction of sp³-hybridized carbons (Fsp3) is 0. The Morgan fingerprint density at radius 3 is 2.81 bits per heavy atom. The monoisotopic (exact) mass is 239 g/mol. The Balaban J connectivity index is 2.67. The molecular formula is C8H6ClN5O2. The highest BCUT2D eigenvalue weighted by atomic mass is 35.5. The summed E-state index contributed by atoms with van der Waals surface area (Å²) in [5.41, 5.74) is 10.9. The van der Waals surface area contributed by atoms with Gasteiger partial charge in [-0.3, -0.25) is 0 Å². The summed E-state index contributed by atoms with van der Waals surface area (Å²) >= 11 is 5.80. The number of primary amides is 1. The van der Waals surface area contributed by atoms with Crippen molar-refractivity contribution in [1.29, 1.82) is 0 Å². The minimum atomic E-state index is -0.970. The lowest BCUT2D eigenvalue weighted by atomic mass is 10.3. The maximum Gasteiger partial charge on any atom is 0.410 e. The summed E-state index contributed by atoms with van der Waals surface area (Å²) < 4.78 is 4.72. The second-order valence-electron chi connectivity index (χ2n) is 2.86. The van der Waals surface area contributed by atoms with Crippen LogP contribution in [0.4, 0.5) is 10.7 Å². The molecule has 0 saturated carbocycles. The van der Waals surface area contributed by atoms with Crippen molar-refractivity contribution in [2.75, 3.05) is 5.73 Å². The summed E-state index contributed by atoms with van der Waals surface area (Å²) in [6.07, 6.45) is -0.970. The summed E-state index contributed by atoms with van der Waals surface area (Å²) in [7, 11) is 0. The molecule has 0 saturated heterocycles. The van der Waals surface area contributed by atoms with Crippen molar-refractivity contribution in [3.63, 3.8) is 0 Å². The lowest BCUT2D eigenvalue weighted by molar-refractivity contribution is 0.211. The highest BCUT2D eigenvalue weighted by Crippen LogP contribution is 2.27. The third-order valence-electron chi connectivity index (χ3n) is 1.72. The molecule has 0 atom stereocenters. The fourth-order valence-electron chi connectivity index (χ4n) is 1.18. The first kappa shape index (κ1) is 10.4. The van der Waals surface area contributed by atoms with E-state index in [0.29, 0.717) is 10.5 Å². The van der Waals surface area contributed by atoms with E-state index in [1.807, 2.05) is 0 Å². The van der Waals surface area contributed by atoms with Gasteiger partial charge in [0.1, 0.15) is 0 Å². The quantitative estimate of drug-likeness (QED) is 0.757. The summed E-state index contributed by atoms with van der Waals surface area (Å²) in [5, 5.41) is 7.62. The molecule has 82 valence electrons. The molecule has 0 radical (unpaired) electrons. The molecule has 0 aliphatic heterocycles. The number of rotatable bonds is 1. The molecule has 0 unspecified atom stereocenters. The highest BCUT2D eigenvalue weighted by molar-refractivity contribution is 6.31. The van der Waals surface area contributed by atoms with Gasteiger partial charge in [0.2, 0.25) is 5.95 Å². The van der Waals surface area contributed by atoms with Crippen LogP contribution in [0.25, 0.3) is 11.0 Å². The smallest absolute Gasteiger partial charge is 0.408 e. The summed E-state index contributed by atoms with van der Waals surface area (Å²) in [4.78, 5) is 14.5. The molecule has 0 bridgehead atoms. The fourth-order valence-corrected chi connectivity index (χ4v) is 1.38. The summed E-state index contributed by atoms with van der Waals surface area (Å²) in [6.45, 7) is 0. The number of hydrogen-bond acceptors (Lipinski definition) is 6. The largest absolute Gasteiger partial charge is 0.410 e. The number of halogens is 1. The van der Waals surface area contributed by atoms with Crippen LogP contribution in [-0.2, 0) is 0 Å². The van der Waals surface area contributed by atoms with E-state index < -0.39 is 6.09 Å². The van der Waals surface area contributed by atoms with Gasteiger partial charge in [-0.05, 0) is 6.07 Å². The van der Waals surface area contributed by atoms with Crippen LogP contribution in [0.5, 0.6) is 5.75 Å². The summed E-state index contributed by atoms with van der Waals surface area (Å²) in [6, 6.07) is 2.91. The highest BCUT2D eigenvalue weighted by Gasteiger charge is 2.10. The van der Waals surface area contributed by atoms with Crippen LogP contribution in [0.2, 0.25) is 5.02 Å². The number of carbonyl (C=O) groups excluding carboxylic acids is 1. The molecule has 1 heterocycles. The number of nitrogens with zero attached hydrogens (tertiary/aromatic N) is 3. The molecule has 0 aliphatic rings. The molecule has 0 fully saturated rings. The zero-order valence-electron chi connectivity index (χ0n) is 7.85. The maximum atomic E-state index is 10.7. The van der Waals surface area contributed by atoms with Gasteiger partial charge in [-0.25, -0.2) is 9.78 Å². The standard InChI is InChI=1S/C8H6ClN5O2/c9-3-1-4-6(13-14-7(10)12-4)5(2-3)16-8(11)15/h1-2H,(H2,11,15)(H2,10,12,14). The van der Waals surface area contributed by atoms with Gasteiger partial charge in [-0.1, -0.05) is 11.6 Å². The van der Waals surface area contributed by atoms with E-state index in [1.165, 1.54) is 12.1 Å². The van der Waals surface area contributed by atoms with Gasteiger partial charge in [0, 0.05) is 11.1 Å². The maximum absolute atomic E-state index is 10.7. The van der Waals surface area contributed by atoms with Crippen molar-refractivity contribution in [2.45, 2.75) is 0 Å². The third-order valence-corrected chi connectivity index (χ3v) is 1.94. The minimum absolute atomic E-state index is 0.000193. The van der Waals surface area contributed by atoms with Crippen molar-refractivity contribution >= 4 is 34.7 Å². The zero-order valence-corrected chi connectivity index (χ0v) is 8.60. The van der Waals surface area contributed by atoms with Gasteiger partial charge in [0.25, 0.3) is 0 Å². The summed E-state index contributed by atoms with van der Waals surface area (Å²) in [5.74, 6) is 0.0924. The molecule has 0 spiro atoms. The third kappa shape index (κ3) is 1.94. The molecule has 0 aliphatic carbocycles. The number of amides is 1. The van der Waals surface area contributed by atoms with E-state index in [0.717, 1.165) is 0 Å². The SMILES string of the molecule is NC(=O)Oc1cc(Cl)cc2nc(N)nnc12. The number of benzene rings is 1. The predicted octanol–water partition coefficient (Wildman–Crippen LogP) is 0.718. The van der Waals surface area contributed by atoms with Crippen molar-refractivity contribution in [3.05, 3.63) is 17.2 Å². The minimum Gasteiger partial charge on any atom is -0.408 e. The van der Waals surface area contributed by atoms with Crippen LogP contribution in [0, 0.1) is 0 Å². The topological polar surface area (TPSA) is 117 Å². The first-order chi connectivity index (χ1) is 7.56. The number of anilines is 1. The van der Waals surface area contributed by atoms with E-state index in [1.54, 1.807) is 0 Å². The van der Waals surface area contributed by atoms with Crippen molar-refractivity contribution in [2.24, 2.45) is 5.73 Å². The number of ether oxygens (including phenoxy) is 1. The van der Waals surface area contributed by atoms with Gasteiger partial charge in [-0.15, -0.1) is 10.2 Å². The van der Waals surface area contributed by atoms with E-state index in [-0.39, 0.29) is 17.2 Å². The molecule has 1 aromatic carbocycles. The van der Waals surface area contributed by atoms with Crippen LogP contribution in [0.3, 0.4) is 0 Å². The average Bonchev–Trinajstić information content (AvgIpc) is 2.15. The molecule has 8 heteroatoms. The van der Waals surface area contributed by atoms with Crippen molar-refractivity contribution in [1.82, 2.24) is 15.2 Å². The molecule has 4 N–H and O–H groups in total. The number of fused-ring (bicyclic) bond motifs is 1. The second kappa shape index (κ2) is 3.78. The van der Waals surface area contributed by atoms with Crippen LogP contribution in [0.15, 0.2) is 12.1 Å². The Hall–Kier alpha value is -2.15. The van der Waals surface area contributed by atoms with Crippen LogP contribution < -0.4 is 16.2 Å². The number of carbonyl (C=O) groups is 1. The Labute approximate surface area is 94.4 Å². The molecular weight excluding hydrogens is 234 g/mol. The Morgan fingerprint density at radius 2 is 2.12 bits per heavy atom. The normalized spacial score (nSPS) is 10.3. The first-order valence-electron chi connectivity index (χ1n) is 4.13. The lowest BCUT2D eigenvalue weighted by Gasteiger charge is -2.04. The molecule has 1 aromatic heterocycles. The van der Waals surface area contributed by atoms with Gasteiger partial charge in [0.15, 0.2) is 11.3 Å². The predicted molar refractivity (Wildman–Crippen MR) is 57.0 cm³/mol. The Bertz CT molecular complexity index is 568. The van der Waals surface area contributed by atoms with Crippen molar-refractivity contribution in [3.8, 4) is 5.75 Å². The van der Waals surface area contributed by atoms with Gasteiger partial charge >= 0.3 is 6.09 Å². The molecule has 2 rings (SSSR count). The van der Waals surface area contributed by atoms with Crippen LogP contribution in [-0.4, -0.2) is 21.3 Å². The van der Waals surface area contributed by atoms with E-state index >= 15 is 0 Å². The zero-order chi connectivity index (χ0) is 11.7. The first-order valence-corrected chi connectivity index (χ1v) is 4.51. The molecule has 2 aromatic rings. The number of aromatic nitrogens is 3. The Kier molecular flexibility index (Phi) is 2.45. The van der Waals surface area contributed by atoms with E-state index in [2.05, 4.69) is 15.2 Å². The van der Waals surface area contributed by atoms with E-state index in [4.69, 9.17) is 27.8 Å². The van der Waals surface area contributed by atoms with Crippen molar-refractivity contribution < 1.29 is 9.53 Å². The van der Waals surface area contributed by atoms with Gasteiger partial charge in [-0.2, -0.15) is 0 Å². The molecule has 1 amide bonds. The lowest BCUT2D eigenvalue weighted by Crippen LogP contribution is -2.16. The van der Waals surface area contributed by atoms with Gasteiger partial charge in [0.05, 0.1) is 5.52 Å². The molecule has 7 nitrogen and oxygen atoms in total. The molecule has 16 heavy (non-hydrogen) atoms. The average molecular weight is 240 g/mol. The number of hydrogen-bond donors (Lipinski definition) is 2. The van der Waals surface area contributed by atoms with Gasteiger partial charge < -0.3 is 16.2 Å². The number of nitrogen functional groups attached to an aromatic ring is 1. The second-order valence-corrected chi connectivity index (χ2v) is 3.30.